The van der Waals surface area contributed by atoms with Gasteiger partial charge in [-0.15, -0.1) is 0 Å². The number of ether oxygens (including phenoxy) is 3. The third kappa shape index (κ3) is 2.94. The summed E-state index contributed by atoms with van der Waals surface area (Å²) in [4.78, 5) is 15.5. The zero-order chi connectivity index (χ0) is 17.1. The van der Waals surface area contributed by atoms with E-state index in [9.17, 15) is 4.79 Å². The Morgan fingerprint density at radius 1 is 0.958 bits per heavy atom. The Labute approximate surface area is 138 Å². The summed E-state index contributed by atoms with van der Waals surface area (Å²) in [5, 5.41) is 0.786. The molecule has 0 aliphatic heterocycles. The molecule has 2 aromatic carbocycles. The Morgan fingerprint density at radius 3 is 2.25 bits per heavy atom. The number of hydrogen-bond acceptors (Lipinski definition) is 5. The van der Waals surface area contributed by atoms with E-state index in [4.69, 9.17) is 19.9 Å². The van der Waals surface area contributed by atoms with Gasteiger partial charge in [0.1, 0.15) is 11.5 Å². The van der Waals surface area contributed by atoms with Gasteiger partial charge in [0, 0.05) is 23.2 Å². The van der Waals surface area contributed by atoms with Crippen LogP contribution in [-0.4, -0.2) is 25.1 Å². The molecule has 122 valence electrons. The molecule has 0 spiro atoms. The van der Waals surface area contributed by atoms with E-state index in [0.717, 1.165) is 10.9 Å². The van der Waals surface area contributed by atoms with Gasteiger partial charge in [0.2, 0.25) is 5.91 Å². The molecule has 0 aliphatic rings. The first-order valence-electron chi connectivity index (χ1n) is 7.21. The molecule has 0 bridgehead atoms. The highest BCUT2D eigenvalue weighted by Gasteiger charge is 2.11. The van der Waals surface area contributed by atoms with Crippen LogP contribution in [0.2, 0.25) is 0 Å². The summed E-state index contributed by atoms with van der Waals surface area (Å²) in [6.45, 7) is 0. The summed E-state index contributed by atoms with van der Waals surface area (Å²) in [7, 11) is 3.15. The number of hydrogen-bond donors (Lipinski definition) is 1. The molecular formula is C18H16N2O4. The lowest BCUT2D eigenvalue weighted by atomic mass is 10.1. The van der Waals surface area contributed by atoms with E-state index in [2.05, 4.69) is 4.98 Å². The van der Waals surface area contributed by atoms with Crippen molar-refractivity contribution in [3.63, 3.8) is 0 Å². The van der Waals surface area contributed by atoms with Gasteiger partial charge >= 0.3 is 0 Å². The molecule has 3 aromatic rings. The molecule has 6 nitrogen and oxygen atoms in total. The van der Waals surface area contributed by atoms with E-state index in [0.29, 0.717) is 28.6 Å². The molecule has 3 rings (SSSR count). The molecule has 6 heteroatoms. The SMILES string of the molecule is COc1cc2nccc(Oc3ccc(C(N)=O)cc3)c2cc1OC. The summed E-state index contributed by atoms with van der Waals surface area (Å²) >= 11 is 0. The minimum absolute atomic E-state index is 0.424. The van der Waals surface area contributed by atoms with Crippen LogP contribution in [0.1, 0.15) is 10.4 Å². The third-order valence-corrected chi connectivity index (χ3v) is 3.57. The number of aromatic nitrogens is 1. The van der Waals surface area contributed by atoms with Crippen molar-refractivity contribution >= 4 is 16.8 Å². The lowest BCUT2D eigenvalue weighted by Gasteiger charge is -2.12. The van der Waals surface area contributed by atoms with Crippen LogP contribution in [0.15, 0.2) is 48.7 Å². The maximum atomic E-state index is 11.1. The second kappa shape index (κ2) is 6.45. The fourth-order valence-electron chi connectivity index (χ4n) is 2.35. The number of nitrogens with two attached hydrogens (primary N) is 1. The van der Waals surface area contributed by atoms with E-state index < -0.39 is 5.91 Å². The molecule has 0 unspecified atom stereocenters. The number of primary amides is 1. The minimum Gasteiger partial charge on any atom is -0.493 e. The van der Waals surface area contributed by atoms with Crippen molar-refractivity contribution in [1.82, 2.24) is 4.98 Å². The van der Waals surface area contributed by atoms with Gasteiger partial charge in [-0.1, -0.05) is 0 Å². The van der Waals surface area contributed by atoms with Gasteiger partial charge in [-0.25, -0.2) is 0 Å². The number of fused-ring (bicyclic) bond motifs is 1. The second-order valence-electron chi connectivity index (χ2n) is 5.02. The molecule has 1 aromatic heterocycles. The largest absolute Gasteiger partial charge is 0.493 e. The van der Waals surface area contributed by atoms with Crippen molar-refractivity contribution in [1.29, 1.82) is 0 Å². The first kappa shape index (κ1) is 15.6. The molecular weight excluding hydrogens is 308 g/mol. The van der Waals surface area contributed by atoms with Crippen molar-refractivity contribution in [3.05, 3.63) is 54.2 Å². The smallest absolute Gasteiger partial charge is 0.248 e. The van der Waals surface area contributed by atoms with E-state index in [1.807, 2.05) is 6.07 Å². The van der Waals surface area contributed by atoms with Crippen LogP contribution >= 0.6 is 0 Å². The third-order valence-electron chi connectivity index (χ3n) is 3.57. The van der Waals surface area contributed by atoms with E-state index in [1.54, 1.807) is 56.8 Å². The van der Waals surface area contributed by atoms with E-state index >= 15 is 0 Å². The number of rotatable bonds is 5. The monoisotopic (exact) mass is 324 g/mol. The molecule has 0 aliphatic carbocycles. The lowest BCUT2D eigenvalue weighted by Crippen LogP contribution is -2.10. The molecule has 1 heterocycles. The maximum absolute atomic E-state index is 11.1. The van der Waals surface area contributed by atoms with Gasteiger partial charge in [0.15, 0.2) is 11.5 Å². The molecule has 0 radical (unpaired) electrons. The van der Waals surface area contributed by atoms with Gasteiger partial charge in [-0.3, -0.25) is 9.78 Å². The van der Waals surface area contributed by atoms with Crippen molar-refractivity contribution in [2.45, 2.75) is 0 Å². The average molecular weight is 324 g/mol. The van der Waals surface area contributed by atoms with Gasteiger partial charge < -0.3 is 19.9 Å². The Balaban J connectivity index is 2.01. The van der Waals surface area contributed by atoms with Crippen molar-refractivity contribution < 1.29 is 19.0 Å². The number of carbonyl (C=O) groups is 1. The summed E-state index contributed by atoms with van der Waals surface area (Å²) in [5.74, 6) is 1.91. The van der Waals surface area contributed by atoms with Gasteiger partial charge in [0.05, 0.1) is 19.7 Å². The average Bonchev–Trinajstić information content (AvgIpc) is 2.61. The molecule has 24 heavy (non-hydrogen) atoms. The molecule has 0 saturated heterocycles. The summed E-state index contributed by atoms with van der Waals surface area (Å²) in [6, 6.07) is 12.0. The maximum Gasteiger partial charge on any atom is 0.248 e. The summed E-state index contributed by atoms with van der Waals surface area (Å²) in [5.41, 5.74) is 6.38. The van der Waals surface area contributed by atoms with Crippen molar-refractivity contribution in [2.75, 3.05) is 14.2 Å². The van der Waals surface area contributed by atoms with E-state index in [-0.39, 0.29) is 0 Å². The molecule has 0 saturated carbocycles. The van der Waals surface area contributed by atoms with Gasteiger partial charge in [-0.05, 0) is 36.4 Å². The quantitative estimate of drug-likeness (QED) is 0.779. The van der Waals surface area contributed by atoms with Crippen LogP contribution in [0, 0.1) is 0 Å². The van der Waals surface area contributed by atoms with Crippen molar-refractivity contribution in [2.24, 2.45) is 5.73 Å². The number of methoxy groups -OCH3 is 2. The number of carbonyl (C=O) groups excluding carboxylic acids is 1. The number of amides is 1. The second-order valence-corrected chi connectivity index (χ2v) is 5.02. The van der Waals surface area contributed by atoms with E-state index in [1.165, 1.54) is 0 Å². The zero-order valence-corrected chi connectivity index (χ0v) is 13.3. The van der Waals surface area contributed by atoms with Crippen LogP contribution in [-0.2, 0) is 0 Å². The first-order chi connectivity index (χ1) is 11.6. The topological polar surface area (TPSA) is 83.7 Å². The standard InChI is InChI=1S/C18H16N2O4/c1-22-16-9-13-14(10-17(16)23-2)20-8-7-15(13)24-12-5-3-11(4-6-12)18(19)21/h3-10H,1-2H3,(H2,19,21). The van der Waals surface area contributed by atoms with Crippen molar-refractivity contribution in [3.8, 4) is 23.0 Å². The minimum atomic E-state index is -0.479. The first-order valence-corrected chi connectivity index (χ1v) is 7.21. The summed E-state index contributed by atoms with van der Waals surface area (Å²) < 4.78 is 16.5. The van der Waals surface area contributed by atoms with Crippen LogP contribution < -0.4 is 19.9 Å². The van der Waals surface area contributed by atoms with Crippen LogP contribution in [0.4, 0.5) is 0 Å². The van der Waals surface area contributed by atoms with Crippen LogP contribution in [0.5, 0.6) is 23.0 Å². The fourth-order valence-corrected chi connectivity index (χ4v) is 2.35. The highest BCUT2D eigenvalue weighted by atomic mass is 16.5. The Bertz CT molecular complexity index is 891. The molecule has 0 fully saturated rings. The summed E-state index contributed by atoms with van der Waals surface area (Å²) in [6.07, 6.45) is 1.65. The molecule has 2 N–H and O–H groups in total. The van der Waals surface area contributed by atoms with Gasteiger partial charge in [-0.2, -0.15) is 0 Å². The Kier molecular flexibility index (Phi) is 4.20. The number of pyridine rings is 1. The highest BCUT2D eigenvalue weighted by Crippen LogP contribution is 2.36. The number of nitrogens with zero attached hydrogens (tertiary/aromatic N) is 1. The Morgan fingerprint density at radius 2 is 1.62 bits per heavy atom. The normalized spacial score (nSPS) is 10.4. The predicted molar refractivity (Wildman–Crippen MR) is 89.9 cm³/mol. The van der Waals surface area contributed by atoms with Crippen LogP contribution in [0.25, 0.3) is 10.9 Å². The molecule has 0 atom stereocenters. The fraction of sp³-hybridized carbons (Fsp3) is 0.111. The zero-order valence-electron chi connectivity index (χ0n) is 13.3. The number of benzene rings is 2. The predicted octanol–water partition coefficient (Wildman–Crippen LogP) is 3.14. The Hall–Kier alpha value is -3.28. The lowest BCUT2D eigenvalue weighted by molar-refractivity contribution is 0.100. The van der Waals surface area contributed by atoms with Crippen LogP contribution in [0.3, 0.4) is 0 Å². The van der Waals surface area contributed by atoms with Gasteiger partial charge in [0.25, 0.3) is 0 Å². The molecule has 1 amide bonds. The highest BCUT2D eigenvalue weighted by molar-refractivity contribution is 5.93.